The minimum atomic E-state index is 0.910. The van der Waals surface area contributed by atoms with Gasteiger partial charge in [0.2, 0.25) is 0 Å². The highest BCUT2D eigenvalue weighted by molar-refractivity contribution is 7.99. The molecule has 0 aromatic rings. The predicted octanol–water partition coefficient (Wildman–Crippen LogP) is 3.08. The molecule has 0 saturated carbocycles. The van der Waals surface area contributed by atoms with Crippen molar-refractivity contribution in [2.75, 3.05) is 24.6 Å². The fourth-order valence-corrected chi connectivity index (χ4v) is 3.69. The van der Waals surface area contributed by atoms with Crippen LogP contribution in [-0.4, -0.2) is 24.6 Å². The molecule has 86 valence electrons. The van der Waals surface area contributed by atoms with Crippen LogP contribution in [0.15, 0.2) is 12.2 Å². The van der Waals surface area contributed by atoms with Gasteiger partial charge in [0.1, 0.15) is 0 Å². The Bertz CT molecular complexity index is 197. The Labute approximate surface area is 98.1 Å². The summed E-state index contributed by atoms with van der Waals surface area (Å²) in [5, 5.41) is 3.68. The highest BCUT2D eigenvalue weighted by Crippen LogP contribution is 2.22. The maximum atomic E-state index is 3.68. The number of thioether (sulfide) groups is 1. The van der Waals surface area contributed by atoms with Crippen molar-refractivity contribution in [3.05, 3.63) is 12.2 Å². The van der Waals surface area contributed by atoms with Gasteiger partial charge in [-0.3, -0.25) is 0 Å². The maximum Gasteiger partial charge on any atom is -0.00173 e. The molecule has 0 radical (unpaired) electrons. The summed E-state index contributed by atoms with van der Waals surface area (Å²) in [6.07, 6.45) is 11.5. The molecule has 15 heavy (non-hydrogen) atoms. The second-order valence-corrected chi connectivity index (χ2v) is 6.09. The molecule has 1 atom stereocenters. The Morgan fingerprint density at radius 3 is 2.53 bits per heavy atom. The lowest BCUT2D eigenvalue weighted by Crippen LogP contribution is -2.30. The Balaban J connectivity index is 1.55. The Hall–Kier alpha value is 0.0500. The van der Waals surface area contributed by atoms with Gasteiger partial charge in [0, 0.05) is 0 Å². The zero-order chi connectivity index (χ0) is 10.3. The molecule has 0 aromatic carbocycles. The SMILES string of the molecule is C1=CCC(CNCC2CCSCC2)CC1. The van der Waals surface area contributed by atoms with Crippen molar-refractivity contribution in [3.63, 3.8) is 0 Å². The summed E-state index contributed by atoms with van der Waals surface area (Å²) in [6, 6.07) is 0. The van der Waals surface area contributed by atoms with Crippen molar-refractivity contribution in [2.24, 2.45) is 11.8 Å². The first kappa shape index (κ1) is 11.5. The van der Waals surface area contributed by atoms with Crippen molar-refractivity contribution >= 4 is 11.8 Å². The number of allylic oxidation sites excluding steroid dienone is 2. The van der Waals surface area contributed by atoms with Gasteiger partial charge in [-0.1, -0.05) is 12.2 Å². The molecular formula is C13H23NS. The van der Waals surface area contributed by atoms with E-state index in [4.69, 9.17) is 0 Å². The standard InChI is InChI=1S/C13H23NS/c1-2-4-12(5-3-1)10-14-11-13-6-8-15-9-7-13/h1-2,12-14H,3-11H2. The van der Waals surface area contributed by atoms with Crippen LogP contribution in [0.2, 0.25) is 0 Å². The number of hydrogen-bond acceptors (Lipinski definition) is 2. The van der Waals surface area contributed by atoms with Gasteiger partial charge < -0.3 is 5.32 Å². The molecule has 1 fully saturated rings. The molecule has 1 heterocycles. The summed E-state index contributed by atoms with van der Waals surface area (Å²) in [6.45, 7) is 2.51. The molecule has 0 amide bonds. The maximum absolute atomic E-state index is 3.68. The molecule has 2 aliphatic rings. The first-order chi connectivity index (χ1) is 7.45. The average Bonchev–Trinajstić information content (AvgIpc) is 2.32. The molecular weight excluding hydrogens is 202 g/mol. The van der Waals surface area contributed by atoms with Crippen LogP contribution in [-0.2, 0) is 0 Å². The van der Waals surface area contributed by atoms with E-state index in [2.05, 4.69) is 29.2 Å². The number of hydrogen-bond donors (Lipinski definition) is 1. The Kier molecular flexibility index (Phi) is 5.07. The van der Waals surface area contributed by atoms with Gasteiger partial charge in [0.25, 0.3) is 0 Å². The van der Waals surface area contributed by atoms with Gasteiger partial charge in [-0.2, -0.15) is 11.8 Å². The lowest BCUT2D eigenvalue weighted by molar-refractivity contribution is 0.393. The molecule has 1 aliphatic carbocycles. The zero-order valence-corrected chi connectivity index (χ0v) is 10.4. The lowest BCUT2D eigenvalue weighted by Gasteiger charge is -2.24. The zero-order valence-electron chi connectivity index (χ0n) is 9.58. The van der Waals surface area contributed by atoms with Crippen molar-refractivity contribution in [1.29, 1.82) is 0 Å². The van der Waals surface area contributed by atoms with E-state index in [1.165, 1.54) is 56.7 Å². The van der Waals surface area contributed by atoms with E-state index in [9.17, 15) is 0 Å². The molecule has 2 rings (SSSR count). The normalized spacial score (nSPS) is 28.1. The summed E-state index contributed by atoms with van der Waals surface area (Å²) in [7, 11) is 0. The Morgan fingerprint density at radius 2 is 1.80 bits per heavy atom. The van der Waals surface area contributed by atoms with Crippen LogP contribution in [0.1, 0.15) is 32.1 Å². The van der Waals surface area contributed by atoms with Crippen LogP contribution in [0.4, 0.5) is 0 Å². The second kappa shape index (κ2) is 6.59. The monoisotopic (exact) mass is 225 g/mol. The summed E-state index contributed by atoms with van der Waals surface area (Å²) < 4.78 is 0. The van der Waals surface area contributed by atoms with Gasteiger partial charge in [0.15, 0.2) is 0 Å². The predicted molar refractivity (Wildman–Crippen MR) is 69.4 cm³/mol. The van der Waals surface area contributed by atoms with E-state index in [-0.39, 0.29) is 0 Å². The van der Waals surface area contributed by atoms with Crippen LogP contribution in [0, 0.1) is 11.8 Å². The Morgan fingerprint density at radius 1 is 1.00 bits per heavy atom. The highest BCUT2D eigenvalue weighted by Gasteiger charge is 2.14. The first-order valence-corrected chi connectivity index (χ1v) is 7.54. The molecule has 1 saturated heterocycles. The van der Waals surface area contributed by atoms with Crippen molar-refractivity contribution in [3.8, 4) is 0 Å². The van der Waals surface area contributed by atoms with E-state index in [0.717, 1.165) is 11.8 Å². The van der Waals surface area contributed by atoms with E-state index >= 15 is 0 Å². The van der Waals surface area contributed by atoms with E-state index in [1.54, 1.807) is 0 Å². The summed E-state index contributed by atoms with van der Waals surface area (Å²) in [5.41, 5.74) is 0. The van der Waals surface area contributed by atoms with Crippen molar-refractivity contribution < 1.29 is 0 Å². The fraction of sp³-hybridized carbons (Fsp3) is 0.846. The van der Waals surface area contributed by atoms with Crippen LogP contribution >= 0.6 is 11.8 Å². The summed E-state index contributed by atoms with van der Waals surface area (Å²) in [4.78, 5) is 0. The minimum Gasteiger partial charge on any atom is -0.316 e. The molecule has 1 aliphatic heterocycles. The third-order valence-electron chi connectivity index (χ3n) is 3.58. The molecule has 1 nitrogen and oxygen atoms in total. The molecule has 1 unspecified atom stereocenters. The van der Waals surface area contributed by atoms with Gasteiger partial charge in [0.05, 0.1) is 0 Å². The fourth-order valence-electron chi connectivity index (χ4n) is 2.48. The number of nitrogens with one attached hydrogen (secondary N) is 1. The quantitative estimate of drug-likeness (QED) is 0.738. The average molecular weight is 225 g/mol. The van der Waals surface area contributed by atoms with Crippen molar-refractivity contribution in [1.82, 2.24) is 5.32 Å². The largest absolute Gasteiger partial charge is 0.316 e. The first-order valence-electron chi connectivity index (χ1n) is 6.38. The topological polar surface area (TPSA) is 12.0 Å². The van der Waals surface area contributed by atoms with Crippen LogP contribution in [0.25, 0.3) is 0 Å². The molecule has 0 spiro atoms. The van der Waals surface area contributed by atoms with E-state index in [0.29, 0.717) is 0 Å². The van der Waals surface area contributed by atoms with E-state index in [1.807, 2.05) is 0 Å². The van der Waals surface area contributed by atoms with E-state index < -0.39 is 0 Å². The molecule has 1 N–H and O–H groups in total. The summed E-state index contributed by atoms with van der Waals surface area (Å²) in [5.74, 6) is 4.65. The van der Waals surface area contributed by atoms with Gasteiger partial charge in [-0.05, 0) is 68.5 Å². The number of rotatable bonds is 4. The third-order valence-corrected chi connectivity index (χ3v) is 4.63. The molecule has 2 heteroatoms. The molecule has 0 aromatic heterocycles. The minimum absolute atomic E-state index is 0.910. The van der Waals surface area contributed by atoms with Crippen LogP contribution in [0.3, 0.4) is 0 Å². The lowest BCUT2D eigenvalue weighted by atomic mass is 9.94. The smallest absolute Gasteiger partial charge is 0.00173 e. The highest BCUT2D eigenvalue weighted by atomic mass is 32.2. The molecule has 0 bridgehead atoms. The van der Waals surface area contributed by atoms with Gasteiger partial charge in [-0.15, -0.1) is 0 Å². The van der Waals surface area contributed by atoms with Crippen LogP contribution in [0.5, 0.6) is 0 Å². The van der Waals surface area contributed by atoms with Gasteiger partial charge >= 0.3 is 0 Å². The van der Waals surface area contributed by atoms with Crippen molar-refractivity contribution in [2.45, 2.75) is 32.1 Å². The third kappa shape index (κ3) is 4.20. The summed E-state index contributed by atoms with van der Waals surface area (Å²) >= 11 is 2.12. The van der Waals surface area contributed by atoms with Crippen LogP contribution < -0.4 is 5.32 Å². The van der Waals surface area contributed by atoms with Gasteiger partial charge in [-0.25, -0.2) is 0 Å². The second-order valence-electron chi connectivity index (χ2n) is 4.86.